The standard InChI is InChI=1S/C25H26ClFN2O/c1-24-9-6-18-17-3-2-16(13-28)23(26)20(17)5-4-19(18)21(24)7-10-25(24,30)12-15-8-11-29-14-22(15)27/h2-3,8,11,14,18-19,21,30H,4-7,9-10,12H2,1H3/t18?,19?,21?,24-,25+/m0/s1. The van der Waals surface area contributed by atoms with Gasteiger partial charge in [0, 0.05) is 12.6 Å². The summed E-state index contributed by atoms with van der Waals surface area (Å²) in [6.45, 7) is 2.22. The van der Waals surface area contributed by atoms with E-state index in [9.17, 15) is 14.8 Å². The van der Waals surface area contributed by atoms with Crippen LogP contribution in [0.3, 0.4) is 0 Å². The molecule has 2 saturated carbocycles. The van der Waals surface area contributed by atoms with Crippen LogP contribution in [0.15, 0.2) is 30.6 Å². The highest BCUT2D eigenvalue weighted by molar-refractivity contribution is 6.32. The predicted molar refractivity (Wildman–Crippen MR) is 114 cm³/mol. The van der Waals surface area contributed by atoms with E-state index in [0.717, 1.165) is 37.7 Å². The second kappa shape index (κ2) is 7.04. The van der Waals surface area contributed by atoms with Crippen LogP contribution in [0.1, 0.15) is 67.2 Å². The molecule has 3 aliphatic carbocycles. The topological polar surface area (TPSA) is 56.9 Å². The maximum Gasteiger partial charge on any atom is 0.144 e. The molecule has 5 rings (SSSR count). The largest absolute Gasteiger partial charge is 0.389 e. The second-order valence-corrected chi connectivity index (χ2v) is 10.1. The average molecular weight is 425 g/mol. The van der Waals surface area contributed by atoms with Crippen LogP contribution in [0.2, 0.25) is 5.02 Å². The summed E-state index contributed by atoms with van der Waals surface area (Å²) in [7, 11) is 0. The fourth-order valence-electron chi connectivity index (χ4n) is 6.97. The molecule has 0 spiro atoms. The van der Waals surface area contributed by atoms with Gasteiger partial charge in [0.1, 0.15) is 11.9 Å². The van der Waals surface area contributed by atoms with Crippen LogP contribution in [0.5, 0.6) is 0 Å². The van der Waals surface area contributed by atoms with Crippen LogP contribution in [0, 0.1) is 34.4 Å². The minimum Gasteiger partial charge on any atom is -0.389 e. The third-order valence-corrected chi connectivity index (χ3v) is 9.06. The van der Waals surface area contributed by atoms with Gasteiger partial charge in [0.2, 0.25) is 0 Å². The number of pyridine rings is 1. The highest BCUT2D eigenvalue weighted by Gasteiger charge is 2.61. The Morgan fingerprint density at radius 2 is 2.10 bits per heavy atom. The Kier molecular flexibility index (Phi) is 4.69. The monoisotopic (exact) mass is 424 g/mol. The molecular weight excluding hydrogens is 399 g/mol. The van der Waals surface area contributed by atoms with Crippen LogP contribution in [-0.2, 0) is 12.8 Å². The second-order valence-electron chi connectivity index (χ2n) is 9.69. The first kappa shape index (κ1) is 20.0. The highest BCUT2D eigenvalue weighted by atomic mass is 35.5. The van der Waals surface area contributed by atoms with Gasteiger partial charge < -0.3 is 5.11 Å². The number of halogens is 2. The number of hydrogen-bond donors (Lipinski definition) is 1. The lowest BCUT2D eigenvalue weighted by Crippen LogP contribution is -2.52. The molecule has 30 heavy (non-hydrogen) atoms. The molecule has 0 radical (unpaired) electrons. The van der Waals surface area contributed by atoms with E-state index in [-0.39, 0.29) is 11.2 Å². The molecule has 2 fully saturated rings. The van der Waals surface area contributed by atoms with Gasteiger partial charge in [0.05, 0.1) is 22.4 Å². The SMILES string of the molecule is C[C@]12CCC3c4ccc(C#N)c(Cl)c4CCC3C1CC[C@@]2(O)Cc1ccncc1F. The smallest absolute Gasteiger partial charge is 0.144 e. The van der Waals surface area contributed by atoms with Crippen molar-refractivity contribution in [3.63, 3.8) is 0 Å². The number of aliphatic hydroxyl groups is 1. The number of nitrogens with zero attached hydrogens (tertiary/aromatic N) is 2. The van der Waals surface area contributed by atoms with Crippen LogP contribution in [-0.4, -0.2) is 15.7 Å². The van der Waals surface area contributed by atoms with Gasteiger partial charge in [-0.25, -0.2) is 4.39 Å². The molecule has 156 valence electrons. The lowest BCUT2D eigenvalue weighted by molar-refractivity contribution is -0.102. The Morgan fingerprint density at radius 1 is 1.27 bits per heavy atom. The van der Waals surface area contributed by atoms with Crippen molar-refractivity contribution in [1.29, 1.82) is 5.26 Å². The van der Waals surface area contributed by atoms with Crippen molar-refractivity contribution in [3.05, 3.63) is 63.7 Å². The minimum atomic E-state index is -0.895. The number of nitriles is 1. The van der Waals surface area contributed by atoms with Crippen molar-refractivity contribution in [1.82, 2.24) is 4.98 Å². The quantitative estimate of drug-likeness (QED) is 0.685. The van der Waals surface area contributed by atoms with Gasteiger partial charge in [-0.2, -0.15) is 5.26 Å². The van der Waals surface area contributed by atoms with E-state index < -0.39 is 5.60 Å². The molecule has 1 aromatic carbocycles. The van der Waals surface area contributed by atoms with Crippen LogP contribution in [0.25, 0.3) is 0 Å². The highest BCUT2D eigenvalue weighted by Crippen LogP contribution is 2.65. The zero-order valence-corrected chi connectivity index (χ0v) is 17.9. The number of fused-ring (bicyclic) bond motifs is 5. The Bertz CT molecular complexity index is 1050. The third-order valence-electron chi connectivity index (χ3n) is 8.63. The van der Waals surface area contributed by atoms with Gasteiger partial charge >= 0.3 is 0 Å². The molecule has 0 amide bonds. The fourth-order valence-corrected chi connectivity index (χ4v) is 7.28. The molecule has 2 aromatic rings. The molecule has 0 bridgehead atoms. The molecule has 0 saturated heterocycles. The molecule has 3 nitrogen and oxygen atoms in total. The van der Waals surface area contributed by atoms with E-state index in [0.29, 0.717) is 46.7 Å². The summed E-state index contributed by atoms with van der Waals surface area (Å²) < 4.78 is 14.3. The lowest BCUT2D eigenvalue weighted by atomic mass is 9.52. The van der Waals surface area contributed by atoms with E-state index in [1.54, 1.807) is 12.3 Å². The van der Waals surface area contributed by atoms with Crippen molar-refractivity contribution in [2.24, 2.45) is 17.3 Å². The maximum atomic E-state index is 14.3. The van der Waals surface area contributed by atoms with Gasteiger partial charge in [-0.1, -0.05) is 24.6 Å². The van der Waals surface area contributed by atoms with Crippen LogP contribution >= 0.6 is 11.6 Å². The third kappa shape index (κ3) is 2.75. The number of hydrogen-bond acceptors (Lipinski definition) is 3. The molecule has 3 unspecified atom stereocenters. The van der Waals surface area contributed by atoms with E-state index in [1.165, 1.54) is 11.8 Å². The van der Waals surface area contributed by atoms with Gasteiger partial charge in [0.15, 0.2) is 0 Å². The van der Waals surface area contributed by atoms with Crippen molar-refractivity contribution >= 4 is 11.6 Å². The molecule has 5 atom stereocenters. The number of rotatable bonds is 2. The molecule has 3 aliphatic rings. The fraction of sp³-hybridized carbons (Fsp3) is 0.520. The summed E-state index contributed by atoms with van der Waals surface area (Å²) in [5.74, 6) is 1.00. The predicted octanol–water partition coefficient (Wildman–Crippen LogP) is 5.58. The Hall–Kier alpha value is -1.96. The van der Waals surface area contributed by atoms with Gasteiger partial charge in [-0.3, -0.25) is 4.98 Å². The molecule has 0 aliphatic heterocycles. The summed E-state index contributed by atoms with van der Waals surface area (Å²) in [6, 6.07) is 7.85. The summed E-state index contributed by atoms with van der Waals surface area (Å²) in [4.78, 5) is 3.85. The normalized spacial score (nSPS) is 34.6. The van der Waals surface area contributed by atoms with Crippen molar-refractivity contribution in [2.75, 3.05) is 0 Å². The first-order valence-corrected chi connectivity index (χ1v) is 11.3. The Labute approximate surface area is 181 Å². The van der Waals surface area contributed by atoms with Gasteiger partial charge in [0.25, 0.3) is 0 Å². The molecule has 1 aromatic heterocycles. The lowest BCUT2D eigenvalue weighted by Gasteiger charge is -2.53. The van der Waals surface area contributed by atoms with E-state index >= 15 is 0 Å². The van der Waals surface area contributed by atoms with E-state index in [2.05, 4.69) is 24.0 Å². The van der Waals surface area contributed by atoms with Crippen molar-refractivity contribution in [3.8, 4) is 6.07 Å². The van der Waals surface area contributed by atoms with Crippen LogP contribution in [0.4, 0.5) is 4.39 Å². The van der Waals surface area contributed by atoms with Crippen molar-refractivity contribution in [2.45, 2.75) is 63.4 Å². The molecule has 1 N–H and O–H groups in total. The van der Waals surface area contributed by atoms with E-state index in [4.69, 9.17) is 11.6 Å². The van der Waals surface area contributed by atoms with Crippen molar-refractivity contribution < 1.29 is 9.50 Å². The molecule has 1 heterocycles. The average Bonchev–Trinajstić information content (AvgIpc) is 3.01. The maximum absolute atomic E-state index is 14.3. The zero-order valence-electron chi connectivity index (χ0n) is 17.2. The van der Waals surface area contributed by atoms with E-state index in [1.807, 2.05) is 6.07 Å². The number of benzene rings is 1. The minimum absolute atomic E-state index is 0.224. The summed E-state index contributed by atoms with van der Waals surface area (Å²) in [5, 5.41) is 21.7. The zero-order chi connectivity index (χ0) is 21.1. The Morgan fingerprint density at radius 3 is 2.87 bits per heavy atom. The summed E-state index contributed by atoms with van der Waals surface area (Å²) >= 11 is 6.54. The summed E-state index contributed by atoms with van der Waals surface area (Å²) in [5.41, 5.74) is 2.44. The number of aromatic nitrogens is 1. The van der Waals surface area contributed by atoms with Crippen LogP contribution < -0.4 is 0 Å². The molecular formula is C25H26ClFN2O. The summed E-state index contributed by atoms with van der Waals surface area (Å²) in [6.07, 6.45) is 8.70. The first-order chi connectivity index (χ1) is 14.4. The Balaban J connectivity index is 1.47. The van der Waals surface area contributed by atoms with Gasteiger partial charge in [-0.15, -0.1) is 0 Å². The first-order valence-electron chi connectivity index (χ1n) is 10.9. The van der Waals surface area contributed by atoms with Gasteiger partial charge in [-0.05, 0) is 90.5 Å². The molecule has 5 heteroatoms.